The van der Waals surface area contributed by atoms with Crippen molar-refractivity contribution in [1.29, 1.82) is 0 Å². The molecule has 0 aliphatic carbocycles. The fraction of sp³-hybridized carbons (Fsp3) is 0.409. The Kier molecular flexibility index (Phi) is 6.67. The minimum absolute atomic E-state index is 0.0330. The number of likely N-dealkylation sites (tertiary alicyclic amines) is 1. The van der Waals surface area contributed by atoms with E-state index in [4.69, 9.17) is 9.47 Å². The van der Waals surface area contributed by atoms with Gasteiger partial charge in [-0.15, -0.1) is 0 Å². The van der Waals surface area contributed by atoms with Crippen LogP contribution in [0.4, 0.5) is 0 Å². The topological polar surface area (TPSA) is 40.0 Å². The maximum absolute atomic E-state index is 12.0. The number of carbonyl (C=O) groups is 1. The minimum Gasteiger partial charge on any atom is -0.489 e. The molecule has 0 amide bonds. The molecule has 1 aliphatic heterocycles. The fourth-order valence-corrected chi connectivity index (χ4v) is 3.51. The van der Waals surface area contributed by atoms with Crippen LogP contribution in [-0.2, 0) is 22.7 Å². The van der Waals surface area contributed by atoms with Crippen molar-refractivity contribution >= 4 is 5.97 Å². The van der Waals surface area contributed by atoms with E-state index in [9.17, 15) is 4.79 Å². The Bertz CT molecular complexity index is 684. The Morgan fingerprint density at radius 1 is 1.08 bits per heavy atom. The van der Waals surface area contributed by atoms with Crippen LogP contribution in [0.5, 0.6) is 5.75 Å². The fourth-order valence-electron chi connectivity index (χ4n) is 3.51. The molecule has 1 aliphatic rings. The third-order valence-electron chi connectivity index (χ3n) is 4.86. The van der Waals surface area contributed by atoms with Gasteiger partial charge in [0.2, 0.25) is 0 Å². The van der Waals surface area contributed by atoms with Gasteiger partial charge in [-0.05, 0) is 49.6 Å². The van der Waals surface area contributed by atoms with E-state index in [1.165, 1.54) is 16.0 Å². The molecular weight excluding hydrogens is 326 g/mol. The molecule has 4 nitrogen and oxygen atoms in total. The average molecular weight is 354 g/mol. The number of nitrogens with one attached hydrogen (secondary N) is 1. The van der Waals surface area contributed by atoms with Crippen molar-refractivity contribution in [2.75, 3.05) is 19.7 Å². The van der Waals surface area contributed by atoms with Crippen LogP contribution in [0, 0.1) is 5.92 Å². The predicted molar refractivity (Wildman–Crippen MR) is 101 cm³/mol. The van der Waals surface area contributed by atoms with Gasteiger partial charge >= 0.3 is 5.97 Å². The van der Waals surface area contributed by atoms with Crippen LogP contribution in [0.3, 0.4) is 0 Å². The van der Waals surface area contributed by atoms with Crippen molar-refractivity contribution < 1.29 is 19.2 Å². The van der Waals surface area contributed by atoms with Gasteiger partial charge in [0.25, 0.3) is 0 Å². The first-order chi connectivity index (χ1) is 12.7. The molecule has 1 fully saturated rings. The Morgan fingerprint density at radius 3 is 2.58 bits per heavy atom. The molecule has 1 saturated heterocycles. The van der Waals surface area contributed by atoms with E-state index >= 15 is 0 Å². The van der Waals surface area contributed by atoms with E-state index in [-0.39, 0.29) is 11.9 Å². The van der Waals surface area contributed by atoms with Gasteiger partial charge in [-0.3, -0.25) is 4.79 Å². The maximum atomic E-state index is 12.0. The molecule has 26 heavy (non-hydrogen) atoms. The van der Waals surface area contributed by atoms with Crippen molar-refractivity contribution in [3.8, 4) is 5.75 Å². The van der Waals surface area contributed by atoms with Crippen molar-refractivity contribution in [1.82, 2.24) is 0 Å². The number of benzene rings is 2. The highest BCUT2D eigenvalue weighted by Gasteiger charge is 2.29. The third-order valence-corrected chi connectivity index (χ3v) is 4.86. The van der Waals surface area contributed by atoms with Crippen LogP contribution < -0.4 is 9.64 Å². The van der Waals surface area contributed by atoms with Crippen LogP contribution in [0.15, 0.2) is 54.6 Å². The van der Waals surface area contributed by atoms with Crippen LogP contribution in [0.25, 0.3) is 0 Å². The lowest BCUT2D eigenvalue weighted by Crippen LogP contribution is -3.12. The number of carbonyl (C=O) groups excluding carboxylic acids is 1. The molecule has 0 bridgehead atoms. The largest absolute Gasteiger partial charge is 0.489 e. The summed E-state index contributed by atoms with van der Waals surface area (Å²) in [7, 11) is 0. The van der Waals surface area contributed by atoms with Crippen LogP contribution in [-0.4, -0.2) is 25.7 Å². The first kappa shape index (κ1) is 18.5. The number of hydrogen-bond donors (Lipinski definition) is 1. The first-order valence-electron chi connectivity index (χ1n) is 9.50. The van der Waals surface area contributed by atoms with Gasteiger partial charge in [0.05, 0.1) is 19.7 Å². The van der Waals surface area contributed by atoms with Crippen LogP contribution >= 0.6 is 0 Å². The van der Waals surface area contributed by atoms with Gasteiger partial charge in [0.1, 0.15) is 24.8 Å². The quantitative estimate of drug-likeness (QED) is 0.777. The van der Waals surface area contributed by atoms with E-state index < -0.39 is 0 Å². The number of quaternary nitrogens is 1. The summed E-state index contributed by atoms with van der Waals surface area (Å²) in [6.07, 6.45) is 2.03. The molecule has 4 heteroatoms. The maximum Gasteiger partial charge on any atom is 0.314 e. The van der Waals surface area contributed by atoms with Crippen molar-refractivity contribution in [3.63, 3.8) is 0 Å². The Morgan fingerprint density at radius 2 is 1.85 bits per heavy atom. The van der Waals surface area contributed by atoms with Gasteiger partial charge in [0, 0.05) is 5.56 Å². The van der Waals surface area contributed by atoms with Crippen LogP contribution in [0.1, 0.15) is 30.9 Å². The molecule has 0 spiro atoms. The van der Waals surface area contributed by atoms with Gasteiger partial charge in [-0.25, -0.2) is 0 Å². The standard InChI is InChI=1S/C22H27NO3/c1-2-25-22(24)20-9-6-14-23(16-20)15-18-10-12-21(13-11-18)26-17-19-7-4-3-5-8-19/h3-5,7-8,10-13,20H,2,6,9,14-17H2,1H3/p+1/t20-/m0/s1. The smallest absolute Gasteiger partial charge is 0.314 e. The monoisotopic (exact) mass is 354 g/mol. The van der Waals surface area contributed by atoms with E-state index in [0.717, 1.165) is 38.2 Å². The number of piperidine rings is 1. The number of rotatable bonds is 7. The summed E-state index contributed by atoms with van der Waals surface area (Å²) in [5, 5.41) is 0. The second-order valence-electron chi connectivity index (χ2n) is 6.89. The molecule has 2 aromatic rings. The van der Waals surface area contributed by atoms with E-state index in [1.54, 1.807) is 0 Å². The molecular formula is C22H28NO3+. The zero-order chi connectivity index (χ0) is 18.2. The van der Waals surface area contributed by atoms with E-state index in [0.29, 0.717) is 13.2 Å². The lowest BCUT2D eigenvalue weighted by Gasteiger charge is -2.28. The SMILES string of the molecule is CCOC(=O)[C@H]1CCC[NH+](Cc2ccc(OCc3ccccc3)cc2)C1. The highest BCUT2D eigenvalue weighted by atomic mass is 16.5. The van der Waals surface area contributed by atoms with Gasteiger partial charge in [0.15, 0.2) is 0 Å². The summed E-state index contributed by atoms with van der Waals surface area (Å²) in [6.45, 7) is 5.84. The predicted octanol–water partition coefficient (Wildman–Crippen LogP) is 2.62. The molecule has 2 atom stereocenters. The number of hydrogen-bond acceptors (Lipinski definition) is 3. The molecule has 3 rings (SSSR count). The number of ether oxygens (including phenoxy) is 2. The summed E-state index contributed by atoms with van der Waals surface area (Å²) in [6, 6.07) is 18.5. The Hall–Kier alpha value is -2.33. The zero-order valence-corrected chi connectivity index (χ0v) is 15.4. The summed E-state index contributed by atoms with van der Waals surface area (Å²) < 4.78 is 11.0. The summed E-state index contributed by atoms with van der Waals surface area (Å²) in [5.41, 5.74) is 2.44. The Labute approximate surface area is 155 Å². The van der Waals surface area contributed by atoms with Gasteiger partial charge in [-0.1, -0.05) is 30.3 Å². The van der Waals surface area contributed by atoms with Crippen molar-refractivity contribution in [2.45, 2.75) is 32.9 Å². The Balaban J connectivity index is 1.50. The molecule has 2 aromatic carbocycles. The summed E-state index contributed by atoms with van der Waals surface area (Å²) >= 11 is 0. The molecule has 1 N–H and O–H groups in total. The minimum atomic E-state index is -0.0330. The molecule has 0 aromatic heterocycles. The van der Waals surface area contributed by atoms with Crippen molar-refractivity contribution in [3.05, 3.63) is 65.7 Å². The highest BCUT2D eigenvalue weighted by Crippen LogP contribution is 2.15. The molecule has 1 heterocycles. The van der Waals surface area contributed by atoms with E-state index in [2.05, 4.69) is 24.3 Å². The molecule has 1 unspecified atom stereocenters. The molecule has 0 saturated carbocycles. The highest BCUT2D eigenvalue weighted by molar-refractivity contribution is 5.72. The lowest BCUT2D eigenvalue weighted by molar-refractivity contribution is -0.921. The second kappa shape index (κ2) is 9.39. The lowest BCUT2D eigenvalue weighted by atomic mass is 9.98. The van der Waals surface area contributed by atoms with E-state index in [1.807, 2.05) is 37.3 Å². The normalized spacial score (nSPS) is 19.7. The zero-order valence-electron chi connectivity index (χ0n) is 15.4. The second-order valence-corrected chi connectivity index (χ2v) is 6.89. The third kappa shape index (κ3) is 5.33. The summed E-state index contributed by atoms with van der Waals surface area (Å²) in [4.78, 5) is 13.4. The van der Waals surface area contributed by atoms with Gasteiger partial charge < -0.3 is 14.4 Å². The van der Waals surface area contributed by atoms with Gasteiger partial charge in [-0.2, -0.15) is 0 Å². The number of esters is 1. The summed E-state index contributed by atoms with van der Waals surface area (Å²) in [5.74, 6) is 0.900. The van der Waals surface area contributed by atoms with Crippen molar-refractivity contribution in [2.24, 2.45) is 5.92 Å². The molecule has 138 valence electrons. The molecule has 0 radical (unpaired) electrons. The van der Waals surface area contributed by atoms with Crippen LogP contribution in [0.2, 0.25) is 0 Å². The first-order valence-corrected chi connectivity index (χ1v) is 9.50. The average Bonchev–Trinajstić information content (AvgIpc) is 2.69.